The quantitative estimate of drug-likeness (QED) is 0.523. The fourth-order valence-electron chi connectivity index (χ4n) is 1.21. The molecular weight excluding hydrogens is 142 g/mol. The minimum atomic E-state index is 0.0254. The molecule has 1 unspecified atom stereocenters. The maximum atomic E-state index is 11.2. The number of hydrogen-bond donors (Lipinski definition) is 2. The summed E-state index contributed by atoms with van der Waals surface area (Å²) in [4.78, 5) is 11.2. The first-order valence-corrected chi connectivity index (χ1v) is 3.91. The highest BCUT2D eigenvalue weighted by Crippen LogP contribution is 2.03. The Morgan fingerprint density at radius 2 is 2.36 bits per heavy atom. The Morgan fingerprint density at radius 3 is 2.82 bits per heavy atom. The SMILES string of the molecule is CN(C)NC(=O)C1CCCN1. The van der Waals surface area contributed by atoms with E-state index in [4.69, 9.17) is 0 Å². The normalized spacial score (nSPS) is 24.1. The molecule has 1 heterocycles. The van der Waals surface area contributed by atoms with E-state index in [0.29, 0.717) is 0 Å². The van der Waals surface area contributed by atoms with E-state index in [2.05, 4.69) is 10.7 Å². The summed E-state index contributed by atoms with van der Waals surface area (Å²) >= 11 is 0. The Balaban J connectivity index is 2.28. The lowest BCUT2D eigenvalue weighted by molar-refractivity contribution is -0.126. The van der Waals surface area contributed by atoms with Crippen molar-refractivity contribution in [2.75, 3.05) is 20.6 Å². The fourth-order valence-corrected chi connectivity index (χ4v) is 1.21. The van der Waals surface area contributed by atoms with Crippen molar-refractivity contribution in [1.29, 1.82) is 0 Å². The van der Waals surface area contributed by atoms with Crippen LogP contribution in [0, 0.1) is 0 Å². The number of hydrazine groups is 1. The zero-order valence-electron chi connectivity index (χ0n) is 7.05. The summed E-state index contributed by atoms with van der Waals surface area (Å²) in [5.41, 5.74) is 2.72. The van der Waals surface area contributed by atoms with Gasteiger partial charge in [-0.25, -0.2) is 5.01 Å². The molecule has 0 aromatic carbocycles. The number of rotatable bonds is 2. The van der Waals surface area contributed by atoms with Gasteiger partial charge in [-0.2, -0.15) is 0 Å². The lowest BCUT2D eigenvalue weighted by Crippen LogP contribution is -2.46. The van der Waals surface area contributed by atoms with E-state index in [9.17, 15) is 4.79 Å². The van der Waals surface area contributed by atoms with Crippen molar-refractivity contribution in [3.8, 4) is 0 Å². The molecule has 4 heteroatoms. The zero-order valence-corrected chi connectivity index (χ0v) is 7.05. The van der Waals surface area contributed by atoms with Crippen molar-refractivity contribution in [2.24, 2.45) is 0 Å². The number of carbonyl (C=O) groups is 1. The van der Waals surface area contributed by atoms with E-state index in [-0.39, 0.29) is 11.9 Å². The number of nitrogens with one attached hydrogen (secondary N) is 2. The van der Waals surface area contributed by atoms with Gasteiger partial charge < -0.3 is 5.32 Å². The summed E-state index contributed by atoms with van der Waals surface area (Å²) in [5.74, 6) is 0.0764. The highest BCUT2D eigenvalue weighted by atomic mass is 16.2. The molecule has 0 aromatic heterocycles. The Kier molecular flexibility index (Phi) is 2.84. The van der Waals surface area contributed by atoms with Crippen LogP contribution in [0.2, 0.25) is 0 Å². The van der Waals surface area contributed by atoms with E-state index in [1.54, 1.807) is 5.01 Å². The molecule has 11 heavy (non-hydrogen) atoms. The molecule has 1 saturated heterocycles. The first kappa shape index (κ1) is 8.49. The molecule has 1 rings (SSSR count). The van der Waals surface area contributed by atoms with Crippen molar-refractivity contribution in [3.63, 3.8) is 0 Å². The lowest BCUT2D eigenvalue weighted by Gasteiger charge is -2.15. The van der Waals surface area contributed by atoms with Crippen molar-refractivity contribution in [1.82, 2.24) is 15.8 Å². The average molecular weight is 157 g/mol. The highest BCUT2D eigenvalue weighted by Gasteiger charge is 2.21. The molecule has 0 bridgehead atoms. The zero-order chi connectivity index (χ0) is 8.27. The van der Waals surface area contributed by atoms with Crippen molar-refractivity contribution >= 4 is 5.91 Å². The molecule has 64 valence electrons. The molecule has 0 aliphatic carbocycles. The third kappa shape index (κ3) is 2.48. The van der Waals surface area contributed by atoms with Crippen molar-refractivity contribution in [2.45, 2.75) is 18.9 Å². The summed E-state index contributed by atoms with van der Waals surface area (Å²) in [7, 11) is 3.62. The number of hydrogen-bond acceptors (Lipinski definition) is 3. The summed E-state index contributed by atoms with van der Waals surface area (Å²) in [6.45, 7) is 0.964. The second-order valence-corrected chi connectivity index (χ2v) is 3.02. The van der Waals surface area contributed by atoms with Gasteiger partial charge in [-0.1, -0.05) is 0 Å². The van der Waals surface area contributed by atoms with Gasteiger partial charge in [0.2, 0.25) is 0 Å². The van der Waals surface area contributed by atoms with Crippen molar-refractivity contribution in [3.05, 3.63) is 0 Å². The number of nitrogens with zero attached hydrogens (tertiary/aromatic N) is 1. The van der Waals surface area contributed by atoms with E-state index >= 15 is 0 Å². The molecule has 1 atom stereocenters. The fraction of sp³-hybridized carbons (Fsp3) is 0.857. The molecule has 2 N–H and O–H groups in total. The van der Waals surface area contributed by atoms with Gasteiger partial charge >= 0.3 is 0 Å². The van der Waals surface area contributed by atoms with Gasteiger partial charge in [0.05, 0.1) is 6.04 Å². The molecule has 1 aliphatic rings. The van der Waals surface area contributed by atoms with E-state index < -0.39 is 0 Å². The molecule has 0 spiro atoms. The Morgan fingerprint density at radius 1 is 1.64 bits per heavy atom. The number of amides is 1. The van der Waals surface area contributed by atoms with Gasteiger partial charge in [0, 0.05) is 14.1 Å². The monoisotopic (exact) mass is 157 g/mol. The maximum Gasteiger partial charge on any atom is 0.251 e. The summed E-state index contributed by atoms with van der Waals surface area (Å²) < 4.78 is 0. The van der Waals surface area contributed by atoms with E-state index in [1.807, 2.05) is 14.1 Å². The van der Waals surface area contributed by atoms with Gasteiger partial charge in [-0.15, -0.1) is 0 Å². The molecule has 1 aliphatic heterocycles. The van der Waals surface area contributed by atoms with Gasteiger partial charge in [0.1, 0.15) is 0 Å². The predicted octanol–water partition coefficient (Wildman–Crippen LogP) is -0.669. The predicted molar refractivity (Wildman–Crippen MR) is 42.9 cm³/mol. The van der Waals surface area contributed by atoms with Gasteiger partial charge in [0.15, 0.2) is 0 Å². The molecule has 0 radical (unpaired) electrons. The van der Waals surface area contributed by atoms with Crippen LogP contribution < -0.4 is 10.7 Å². The van der Waals surface area contributed by atoms with Crippen LogP contribution in [-0.2, 0) is 4.79 Å². The first-order chi connectivity index (χ1) is 5.20. The van der Waals surface area contributed by atoms with Crippen LogP contribution >= 0.6 is 0 Å². The standard InChI is InChI=1S/C7H15N3O/c1-10(2)9-7(11)6-4-3-5-8-6/h6,8H,3-5H2,1-2H3,(H,9,11). The van der Waals surface area contributed by atoms with Crippen LogP contribution in [0.25, 0.3) is 0 Å². The third-order valence-corrected chi connectivity index (χ3v) is 1.71. The van der Waals surface area contributed by atoms with Gasteiger partial charge in [-0.3, -0.25) is 10.2 Å². The second kappa shape index (κ2) is 3.69. The second-order valence-electron chi connectivity index (χ2n) is 3.02. The molecular formula is C7H15N3O. The largest absolute Gasteiger partial charge is 0.306 e. The Hall–Kier alpha value is -0.610. The summed E-state index contributed by atoms with van der Waals surface area (Å²) in [6.07, 6.45) is 2.06. The minimum Gasteiger partial charge on any atom is -0.306 e. The van der Waals surface area contributed by atoms with Crippen molar-refractivity contribution < 1.29 is 4.79 Å². The average Bonchev–Trinajstić information content (AvgIpc) is 2.35. The van der Waals surface area contributed by atoms with Gasteiger partial charge in [-0.05, 0) is 19.4 Å². The summed E-state index contributed by atoms with van der Waals surface area (Å²) in [5, 5.41) is 4.79. The third-order valence-electron chi connectivity index (χ3n) is 1.71. The highest BCUT2D eigenvalue weighted by molar-refractivity contribution is 5.81. The van der Waals surface area contributed by atoms with Crippen LogP contribution in [0.3, 0.4) is 0 Å². The minimum absolute atomic E-state index is 0.0254. The molecule has 0 aromatic rings. The molecule has 0 saturated carbocycles. The van der Waals surface area contributed by atoms with E-state index in [1.165, 1.54) is 0 Å². The van der Waals surface area contributed by atoms with Crippen LogP contribution in [0.5, 0.6) is 0 Å². The topological polar surface area (TPSA) is 44.4 Å². The van der Waals surface area contributed by atoms with Gasteiger partial charge in [0.25, 0.3) is 5.91 Å². The lowest BCUT2D eigenvalue weighted by atomic mass is 10.2. The smallest absolute Gasteiger partial charge is 0.251 e. The van der Waals surface area contributed by atoms with Crippen LogP contribution in [0.15, 0.2) is 0 Å². The van der Waals surface area contributed by atoms with Crippen LogP contribution in [0.4, 0.5) is 0 Å². The Bertz CT molecular complexity index is 141. The van der Waals surface area contributed by atoms with E-state index in [0.717, 1.165) is 19.4 Å². The maximum absolute atomic E-state index is 11.2. The first-order valence-electron chi connectivity index (χ1n) is 3.91. The Labute approximate surface area is 66.9 Å². The van der Waals surface area contributed by atoms with Crippen LogP contribution in [0.1, 0.15) is 12.8 Å². The number of carbonyl (C=O) groups excluding carboxylic acids is 1. The molecule has 1 amide bonds. The molecule has 4 nitrogen and oxygen atoms in total. The summed E-state index contributed by atoms with van der Waals surface area (Å²) in [6, 6.07) is 0.0254. The van der Waals surface area contributed by atoms with Crippen LogP contribution in [-0.4, -0.2) is 37.6 Å². The molecule has 1 fully saturated rings.